The van der Waals surface area contributed by atoms with E-state index in [0.29, 0.717) is 23.7 Å². The van der Waals surface area contributed by atoms with Gasteiger partial charge in [-0.3, -0.25) is 4.79 Å². The number of carbonyl (C=O) groups excluding carboxylic acids is 1. The number of ether oxygens (including phenoxy) is 1. The van der Waals surface area contributed by atoms with Gasteiger partial charge in [0.1, 0.15) is 5.75 Å². The van der Waals surface area contributed by atoms with Gasteiger partial charge in [0.15, 0.2) is 0 Å². The standard InChI is InChI=1S/C25H28N4O4S/c1-4-5-16-33-23-9-7-6-8-20(23)10-15-24(30)28-21-11-13-22(14-12-21)34(31,32)29-25-26-18(2)17-19(3)27-25/h6-15,17H,4-5,16H2,1-3H3,(H,28,30)(H,26,27,29)/b15-10+. The van der Waals surface area contributed by atoms with Gasteiger partial charge in [0, 0.05) is 28.7 Å². The van der Waals surface area contributed by atoms with E-state index in [2.05, 4.69) is 26.9 Å². The molecule has 0 fully saturated rings. The molecule has 0 atom stereocenters. The molecule has 0 spiro atoms. The van der Waals surface area contributed by atoms with Crippen LogP contribution in [0.1, 0.15) is 36.7 Å². The van der Waals surface area contributed by atoms with Crippen LogP contribution in [0.5, 0.6) is 5.75 Å². The molecule has 3 aromatic rings. The third-order valence-corrected chi connectivity index (χ3v) is 6.07. The number of rotatable bonds is 10. The summed E-state index contributed by atoms with van der Waals surface area (Å²) < 4.78 is 33.4. The number of anilines is 2. The van der Waals surface area contributed by atoms with E-state index in [1.54, 1.807) is 26.0 Å². The number of aromatic nitrogens is 2. The summed E-state index contributed by atoms with van der Waals surface area (Å²) in [6.45, 7) is 6.23. The second kappa shape index (κ2) is 11.4. The summed E-state index contributed by atoms with van der Waals surface area (Å²) in [5.74, 6) is 0.384. The van der Waals surface area contributed by atoms with Gasteiger partial charge in [0.25, 0.3) is 10.0 Å². The minimum absolute atomic E-state index is 0.0129. The maximum Gasteiger partial charge on any atom is 0.264 e. The molecule has 8 nitrogen and oxygen atoms in total. The highest BCUT2D eigenvalue weighted by Crippen LogP contribution is 2.20. The fourth-order valence-electron chi connectivity index (χ4n) is 3.09. The molecule has 34 heavy (non-hydrogen) atoms. The first-order valence-corrected chi connectivity index (χ1v) is 12.4. The van der Waals surface area contributed by atoms with Gasteiger partial charge in [-0.1, -0.05) is 31.5 Å². The molecule has 0 aliphatic carbocycles. The molecule has 0 bridgehead atoms. The van der Waals surface area contributed by atoms with Gasteiger partial charge >= 0.3 is 0 Å². The number of nitrogens with zero attached hydrogens (tertiary/aromatic N) is 2. The van der Waals surface area contributed by atoms with Crippen molar-refractivity contribution in [2.24, 2.45) is 0 Å². The highest BCUT2D eigenvalue weighted by molar-refractivity contribution is 7.92. The van der Waals surface area contributed by atoms with Crippen LogP contribution in [0.2, 0.25) is 0 Å². The van der Waals surface area contributed by atoms with Crippen molar-refractivity contribution < 1.29 is 17.9 Å². The number of nitrogens with one attached hydrogen (secondary N) is 2. The monoisotopic (exact) mass is 480 g/mol. The molecular weight excluding hydrogens is 452 g/mol. The largest absolute Gasteiger partial charge is 0.493 e. The number of hydrogen-bond acceptors (Lipinski definition) is 6. The average molecular weight is 481 g/mol. The molecule has 0 aliphatic heterocycles. The highest BCUT2D eigenvalue weighted by atomic mass is 32.2. The Hall–Kier alpha value is -3.72. The van der Waals surface area contributed by atoms with Crippen LogP contribution in [0.25, 0.3) is 6.08 Å². The van der Waals surface area contributed by atoms with Gasteiger partial charge in [-0.15, -0.1) is 0 Å². The Bertz CT molecular complexity index is 1250. The van der Waals surface area contributed by atoms with Crippen molar-refractivity contribution in [3.63, 3.8) is 0 Å². The smallest absolute Gasteiger partial charge is 0.264 e. The number of amides is 1. The first-order valence-electron chi connectivity index (χ1n) is 10.9. The van der Waals surface area contributed by atoms with Crippen molar-refractivity contribution in [2.45, 2.75) is 38.5 Å². The number of sulfonamides is 1. The van der Waals surface area contributed by atoms with Crippen LogP contribution in [0.15, 0.2) is 65.6 Å². The lowest BCUT2D eigenvalue weighted by Gasteiger charge is -2.09. The zero-order chi connectivity index (χ0) is 24.6. The van der Waals surface area contributed by atoms with Crippen molar-refractivity contribution in [3.8, 4) is 5.75 Å². The van der Waals surface area contributed by atoms with Crippen LogP contribution >= 0.6 is 0 Å². The summed E-state index contributed by atoms with van der Waals surface area (Å²) in [5, 5.41) is 2.72. The second-order valence-electron chi connectivity index (χ2n) is 7.67. The molecule has 0 aliphatic rings. The van der Waals surface area contributed by atoms with E-state index in [1.807, 2.05) is 24.3 Å². The lowest BCUT2D eigenvalue weighted by Crippen LogP contribution is -2.16. The van der Waals surface area contributed by atoms with Crippen LogP contribution in [0, 0.1) is 13.8 Å². The third-order valence-electron chi connectivity index (χ3n) is 4.73. The maximum atomic E-state index is 12.6. The van der Waals surface area contributed by atoms with E-state index in [-0.39, 0.29) is 16.8 Å². The van der Waals surface area contributed by atoms with Gasteiger partial charge in [0.2, 0.25) is 11.9 Å². The maximum absolute atomic E-state index is 12.6. The summed E-state index contributed by atoms with van der Waals surface area (Å²) in [6, 6.07) is 15.1. The number of hydrogen-bond donors (Lipinski definition) is 2. The Kier molecular flexibility index (Phi) is 8.37. The van der Waals surface area contributed by atoms with E-state index in [9.17, 15) is 13.2 Å². The van der Waals surface area contributed by atoms with Gasteiger partial charge in [-0.25, -0.2) is 23.1 Å². The topological polar surface area (TPSA) is 110 Å². The van der Waals surface area contributed by atoms with Gasteiger partial charge < -0.3 is 10.1 Å². The Morgan fingerprint density at radius 1 is 1.03 bits per heavy atom. The molecule has 2 aromatic carbocycles. The van der Waals surface area contributed by atoms with E-state index in [0.717, 1.165) is 24.2 Å². The first-order chi connectivity index (χ1) is 16.3. The average Bonchev–Trinajstić information content (AvgIpc) is 2.78. The van der Waals surface area contributed by atoms with Crippen LogP contribution in [0.3, 0.4) is 0 Å². The van der Waals surface area contributed by atoms with Crippen LogP contribution in [0.4, 0.5) is 11.6 Å². The molecule has 2 N–H and O–H groups in total. The minimum Gasteiger partial charge on any atom is -0.493 e. The fourth-order valence-corrected chi connectivity index (χ4v) is 4.04. The zero-order valence-corrected chi connectivity index (χ0v) is 20.2. The molecule has 1 aromatic heterocycles. The van der Waals surface area contributed by atoms with Crippen LogP contribution in [-0.2, 0) is 14.8 Å². The third kappa shape index (κ3) is 7.14. The summed E-state index contributed by atoms with van der Waals surface area (Å²) in [7, 11) is -3.87. The molecule has 1 amide bonds. The number of unbranched alkanes of at least 4 members (excludes halogenated alkanes) is 1. The summed E-state index contributed by atoms with van der Waals surface area (Å²) in [5.41, 5.74) is 2.58. The number of carbonyl (C=O) groups is 1. The number of benzene rings is 2. The number of para-hydroxylation sites is 1. The van der Waals surface area contributed by atoms with Gasteiger partial charge in [-0.05, 0) is 62.7 Å². The normalized spacial score (nSPS) is 11.4. The molecule has 0 radical (unpaired) electrons. The van der Waals surface area contributed by atoms with Crippen molar-refractivity contribution in [3.05, 3.63) is 77.6 Å². The van der Waals surface area contributed by atoms with Gasteiger partial charge in [0.05, 0.1) is 11.5 Å². The molecule has 3 rings (SSSR count). The molecule has 0 unspecified atom stereocenters. The molecular formula is C25H28N4O4S. The summed E-state index contributed by atoms with van der Waals surface area (Å²) >= 11 is 0. The quantitative estimate of drug-likeness (QED) is 0.321. The Morgan fingerprint density at radius 3 is 2.38 bits per heavy atom. The van der Waals surface area contributed by atoms with Gasteiger partial charge in [-0.2, -0.15) is 0 Å². The summed E-state index contributed by atoms with van der Waals surface area (Å²) in [6.07, 6.45) is 5.09. The van der Waals surface area contributed by atoms with E-state index in [1.165, 1.54) is 30.3 Å². The van der Waals surface area contributed by atoms with E-state index in [4.69, 9.17) is 4.74 Å². The van der Waals surface area contributed by atoms with E-state index >= 15 is 0 Å². The first kappa shape index (κ1) is 24.9. The second-order valence-corrected chi connectivity index (χ2v) is 9.35. The number of aryl methyl sites for hydroxylation is 2. The van der Waals surface area contributed by atoms with E-state index < -0.39 is 10.0 Å². The molecule has 178 valence electrons. The lowest BCUT2D eigenvalue weighted by atomic mass is 10.2. The Balaban J connectivity index is 1.64. The molecule has 0 saturated carbocycles. The minimum atomic E-state index is -3.87. The van der Waals surface area contributed by atoms with Crippen molar-refractivity contribution in [2.75, 3.05) is 16.6 Å². The van der Waals surface area contributed by atoms with Crippen molar-refractivity contribution >= 4 is 33.6 Å². The Morgan fingerprint density at radius 2 is 1.71 bits per heavy atom. The van der Waals surface area contributed by atoms with Crippen LogP contribution in [-0.4, -0.2) is 30.9 Å². The highest BCUT2D eigenvalue weighted by Gasteiger charge is 2.16. The SMILES string of the molecule is CCCCOc1ccccc1/C=C/C(=O)Nc1ccc(S(=O)(=O)Nc2nc(C)cc(C)n2)cc1. The molecule has 1 heterocycles. The Labute approximate surface area is 200 Å². The summed E-state index contributed by atoms with van der Waals surface area (Å²) in [4.78, 5) is 20.6. The lowest BCUT2D eigenvalue weighted by molar-refractivity contribution is -0.111. The zero-order valence-electron chi connectivity index (χ0n) is 19.4. The van der Waals surface area contributed by atoms with Crippen molar-refractivity contribution in [1.82, 2.24) is 9.97 Å². The van der Waals surface area contributed by atoms with Crippen molar-refractivity contribution in [1.29, 1.82) is 0 Å². The molecule has 0 saturated heterocycles. The molecule has 9 heteroatoms. The van der Waals surface area contributed by atoms with Crippen LogP contribution < -0.4 is 14.8 Å². The fraction of sp³-hybridized carbons (Fsp3) is 0.240. The predicted molar refractivity (Wildman–Crippen MR) is 133 cm³/mol. The predicted octanol–water partition coefficient (Wildman–Crippen LogP) is 4.73.